The van der Waals surface area contributed by atoms with Crippen LogP contribution in [-0.2, 0) is 0 Å². The van der Waals surface area contributed by atoms with Gasteiger partial charge in [0.1, 0.15) is 0 Å². The normalized spacial score (nSPS) is 34.5. The highest BCUT2D eigenvalue weighted by atomic mass is 15.2. The molecule has 0 N–H and O–H groups in total. The molecule has 13 heavy (non-hydrogen) atoms. The molecule has 2 nitrogen and oxygen atoms in total. The standard InChI is InChI=1S/C11H12N2/c1-2-4-11-9(3-1)7-10-5-6-12-8-13(10)11/h1-2,4-6,8-10H,3,7H2. The van der Waals surface area contributed by atoms with Crippen LogP contribution in [0.3, 0.4) is 0 Å². The van der Waals surface area contributed by atoms with Crippen LogP contribution >= 0.6 is 0 Å². The zero-order chi connectivity index (χ0) is 8.67. The lowest BCUT2D eigenvalue weighted by Crippen LogP contribution is -2.26. The van der Waals surface area contributed by atoms with Gasteiger partial charge >= 0.3 is 0 Å². The molecule has 1 saturated heterocycles. The van der Waals surface area contributed by atoms with Crippen LogP contribution in [0.1, 0.15) is 12.8 Å². The van der Waals surface area contributed by atoms with Gasteiger partial charge in [0.05, 0.1) is 12.4 Å². The second kappa shape index (κ2) is 2.59. The fraction of sp³-hybridized carbons (Fsp3) is 0.364. The Bertz CT molecular complexity index is 336. The number of allylic oxidation sites excluding steroid dienone is 4. The SMILES string of the molecule is C1=CCC2CC3C=CN=CN3C2=C1. The van der Waals surface area contributed by atoms with Gasteiger partial charge in [0.2, 0.25) is 0 Å². The van der Waals surface area contributed by atoms with Crippen molar-refractivity contribution < 1.29 is 0 Å². The first-order valence-electron chi connectivity index (χ1n) is 4.80. The third-order valence-electron chi connectivity index (χ3n) is 3.01. The zero-order valence-electron chi connectivity index (χ0n) is 7.43. The van der Waals surface area contributed by atoms with Gasteiger partial charge in [-0.3, -0.25) is 0 Å². The molecule has 2 atom stereocenters. The zero-order valence-corrected chi connectivity index (χ0v) is 7.43. The van der Waals surface area contributed by atoms with Gasteiger partial charge in [-0.25, -0.2) is 4.99 Å². The number of fused-ring (bicyclic) bond motifs is 3. The molecule has 0 amide bonds. The number of aliphatic imine (C=N–C) groups is 1. The third-order valence-corrected chi connectivity index (χ3v) is 3.01. The van der Waals surface area contributed by atoms with E-state index in [1.165, 1.54) is 18.5 Å². The molecule has 0 aromatic rings. The summed E-state index contributed by atoms with van der Waals surface area (Å²) in [7, 11) is 0. The lowest BCUT2D eigenvalue weighted by atomic mass is 9.96. The van der Waals surface area contributed by atoms with Crippen molar-refractivity contribution in [2.24, 2.45) is 10.9 Å². The monoisotopic (exact) mass is 172 g/mol. The summed E-state index contributed by atoms with van der Waals surface area (Å²) in [6, 6.07) is 0.564. The third kappa shape index (κ3) is 0.981. The van der Waals surface area contributed by atoms with Gasteiger partial charge in [0.15, 0.2) is 0 Å². The highest BCUT2D eigenvalue weighted by molar-refractivity contribution is 5.63. The van der Waals surface area contributed by atoms with Crippen molar-refractivity contribution in [3.05, 3.63) is 36.2 Å². The molecular weight excluding hydrogens is 160 g/mol. The number of hydrogen-bond acceptors (Lipinski definition) is 2. The number of nitrogens with zero attached hydrogens (tertiary/aromatic N) is 2. The first-order valence-corrected chi connectivity index (χ1v) is 4.80. The molecule has 0 bridgehead atoms. The molecule has 2 heterocycles. The van der Waals surface area contributed by atoms with Crippen molar-refractivity contribution in [3.63, 3.8) is 0 Å². The number of hydrogen-bond donors (Lipinski definition) is 0. The minimum Gasteiger partial charge on any atom is -0.329 e. The average Bonchev–Trinajstić information content (AvgIpc) is 2.56. The molecule has 3 aliphatic rings. The topological polar surface area (TPSA) is 15.6 Å². The van der Waals surface area contributed by atoms with Crippen molar-refractivity contribution >= 4 is 6.34 Å². The Labute approximate surface area is 78.0 Å². The average molecular weight is 172 g/mol. The highest BCUT2D eigenvalue weighted by Gasteiger charge is 2.34. The van der Waals surface area contributed by atoms with Crippen LogP contribution in [0.5, 0.6) is 0 Å². The van der Waals surface area contributed by atoms with Crippen LogP contribution in [0, 0.1) is 5.92 Å². The highest BCUT2D eigenvalue weighted by Crippen LogP contribution is 2.37. The van der Waals surface area contributed by atoms with Crippen LogP contribution in [0.25, 0.3) is 0 Å². The van der Waals surface area contributed by atoms with Gasteiger partial charge in [0.25, 0.3) is 0 Å². The molecule has 1 fully saturated rings. The fourth-order valence-electron chi connectivity index (χ4n) is 2.36. The molecule has 66 valence electrons. The molecule has 3 rings (SSSR count). The molecule has 2 heteroatoms. The summed E-state index contributed by atoms with van der Waals surface area (Å²) in [5, 5.41) is 0. The number of rotatable bonds is 0. The van der Waals surface area contributed by atoms with E-state index in [0.717, 1.165) is 5.92 Å². The molecule has 0 radical (unpaired) electrons. The van der Waals surface area contributed by atoms with E-state index in [9.17, 15) is 0 Å². The van der Waals surface area contributed by atoms with Crippen molar-refractivity contribution in [1.29, 1.82) is 0 Å². The second-order valence-electron chi connectivity index (χ2n) is 3.77. The van der Waals surface area contributed by atoms with Crippen LogP contribution in [0.2, 0.25) is 0 Å². The van der Waals surface area contributed by atoms with E-state index in [4.69, 9.17) is 0 Å². The van der Waals surface area contributed by atoms with Crippen LogP contribution in [0.15, 0.2) is 41.2 Å². The molecule has 0 saturated carbocycles. The Balaban J connectivity index is 1.99. The van der Waals surface area contributed by atoms with E-state index >= 15 is 0 Å². The molecule has 2 unspecified atom stereocenters. The molecule has 2 aliphatic heterocycles. The Morgan fingerprint density at radius 2 is 2.46 bits per heavy atom. The minimum absolute atomic E-state index is 0.564. The first-order chi connectivity index (χ1) is 6.45. The fourth-order valence-corrected chi connectivity index (χ4v) is 2.36. The Morgan fingerprint density at radius 1 is 1.46 bits per heavy atom. The first kappa shape index (κ1) is 7.13. The quantitative estimate of drug-likeness (QED) is 0.546. The van der Waals surface area contributed by atoms with E-state index in [2.05, 4.69) is 34.2 Å². The van der Waals surface area contributed by atoms with Gasteiger partial charge in [-0.05, 0) is 25.0 Å². The van der Waals surface area contributed by atoms with Gasteiger partial charge in [-0.15, -0.1) is 0 Å². The van der Waals surface area contributed by atoms with Crippen molar-refractivity contribution in [2.45, 2.75) is 18.9 Å². The summed E-state index contributed by atoms with van der Waals surface area (Å²) in [5.41, 5.74) is 1.45. The predicted octanol–water partition coefficient (Wildman–Crippen LogP) is 2.08. The second-order valence-corrected chi connectivity index (χ2v) is 3.77. The maximum absolute atomic E-state index is 4.17. The summed E-state index contributed by atoms with van der Waals surface area (Å²) in [6.07, 6.45) is 15.1. The Morgan fingerprint density at radius 3 is 3.46 bits per heavy atom. The van der Waals surface area contributed by atoms with Crippen LogP contribution in [0.4, 0.5) is 0 Å². The van der Waals surface area contributed by atoms with E-state index in [1.54, 1.807) is 0 Å². The molecular formula is C11H12N2. The summed E-state index contributed by atoms with van der Waals surface area (Å²) in [6.45, 7) is 0. The maximum atomic E-state index is 4.17. The Kier molecular flexibility index (Phi) is 1.42. The van der Waals surface area contributed by atoms with E-state index < -0.39 is 0 Å². The smallest absolute Gasteiger partial charge is 0.0952 e. The summed E-state index contributed by atoms with van der Waals surface area (Å²) in [4.78, 5) is 6.47. The molecule has 0 aromatic heterocycles. The Hall–Kier alpha value is -1.31. The van der Waals surface area contributed by atoms with E-state index in [1.807, 2.05) is 12.5 Å². The van der Waals surface area contributed by atoms with Gasteiger partial charge in [-0.1, -0.05) is 12.2 Å². The van der Waals surface area contributed by atoms with E-state index in [0.29, 0.717) is 6.04 Å². The molecule has 1 aliphatic carbocycles. The molecule has 0 aromatic carbocycles. The van der Waals surface area contributed by atoms with Crippen molar-refractivity contribution in [1.82, 2.24) is 4.90 Å². The van der Waals surface area contributed by atoms with Gasteiger partial charge < -0.3 is 4.90 Å². The van der Waals surface area contributed by atoms with Crippen LogP contribution in [-0.4, -0.2) is 17.3 Å². The molecule has 0 spiro atoms. The summed E-state index contributed by atoms with van der Waals surface area (Å²) >= 11 is 0. The van der Waals surface area contributed by atoms with Crippen LogP contribution < -0.4 is 0 Å². The maximum Gasteiger partial charge on any atom is 0.0952 e. The predicted molar refractivity (Wildman–Crippen MR) is 53.2 cm³/mol. The van der Waals surface area contributed by atoms with Gasteiger partial charge in [-0.2, -0.15) is 0 Å². The lowest BCUT2D eigenvalue weighted by Gasteiger charge is -2.23. The van der Waals surface area contributed by atoms with E-state index in [-0.39, 0.29) is 0 Å². The minimum atomic E-state index is 0.564. The van der Waals surface area contributed by atoms with Crippen molar-refractivity contribution in [2.75, 3.05) is 0 Å². The van der Waals surface area contributed by atoms with Crippen molar-refractivity contribution in [3.8, 4) is 0 Å². The summed E-state index contributed by atoms with van der Waals surface area (Å²) in [5.74, 6) is 0.726. The largest absolute Gasteiger partial charge is 0.329 e. The summed E-state index contributed by atoms with van der Waals surface area (Å²) < 4.78 is 0. The lowest BCUT2D eigenvalue weighted by molar-refractivity contribution is 0.504. The van der Waals surface area contributed by atoms with Gasteiger partial charge in [0, 0.05) is 17.8 Å².